The average molecular weight is 237 g/mol. The van der Waals surface area contributed by atoms with E-state index in [1.54, 1.807) is 0 Å². The lowest BCUT2D eigenvalue weighted by Crippen LogP contribution is -2.01. The standard InChI is InChI=1S/C15H15N3/c1-2-7-12-8-3-5-10-14(12)18-15-11-6-4-9-13(15)16-17-18/h3-6,8-11H,2,7H2,1H3. The van der Waals surface area contributed by atoms with Gasteiger partial charge in [0.15, 0.2) is 0 Å². The topological polar surface area (TPSA) is 30.7 Å². The van der Waals surface area contributed by atoms with Crippen molar-refractivity contribution in [2.75, 3.05) is 0 Å². The van der Waals surface area contributed by atoms with Crippen molar-refractivity contribution in [1.82, 2.24) is 15.0 Å². The summed E-state index contributed by atoms with van der Waals surface area (Å²) in [5, 5.41) is 8.48. The van der Waals surface area contributed by atoms with Gasteiger partial charge in [0.25, 0.3) is 0 Å². The highest BCUT2D eigenvalue weighted by Gasteiger charge is 2.08. The minimum absolute atomic E-state index is 0.934. The van der Waals surface area contributed by atoms with E-state index < -0.39 is 0 Å². The van der Waals surface area contributed by atoms with Crippen molar-refractivity contribution < 1.29 is 0 Å². The molecule has 3 aromatic rings. The molecule has 1 aromatic heterocycles. The van der Waals surface area contributed by atoms with Gasteiger partial charge < -0.3 is 0 Å². The average Bonchev–Trinajstić information content (AvgIpc) is 2.84. The van der Waals surface area contributed by atoms with E-state index in [0.717, 1.165) is 29.6 Å². The Morgan fingerprint density at radius 1 is 1.00 bits per heavy atom. The van der Waals surface area contributed by atoms with Crippen LogP contribution in [0.2, 0.25) is 0 Å². The maximum absolute atomic E-state index is 4.28. The minimum atomic E-state index is 0.934. The molecule has 2 aromatic carbocycles. The fourth-order valence-electron chi connectivity index (χ4n) is 2.25. The molecule has 0 saturated heterocycles. The van der Waals surface area contributed by atoms with Gasteiger partial charge in [-0.1, -0.05) is 48.9 Å². The third-order valence-electron chi connectivity index (χ3n) is 3.09. The molecule has 0 saturated carbocycles. The van der Waals surface area contributed by atoms with Gasteiger partial charge in [0.2, 0.25) is 0 Å². The largest absolute Gasteiger partial charge is 0.213 e. The van der Waals surface area contributed by atoms with Crippen molar-refractivity contribution >= 4 is 11.0 Å². The molecule has 18 heavy (non-hydrogen) atoms. The van der Waals surface area contributed by atoms with Crippen LogP contribution in [0.25, 0.3) is 16.7 Å². The highest BCUT2D eigenvalue weighted by molar-refractivity contribution is 5.76. The lowest BCUT2D eigenvalue weighted by atomic mass is 10.1. The monoisotopic (exact) mass is 237 g/mol. The molecule has 1 heterocycles. The van der Waals surface area contributed by atoms with Gasteiger partial charge in [-0.25, -0.2) is 4.68 Å². The molecule has 0 aliphatic heterocycles. The predicted molar refractivity (Wildman–Crippen MR) is 72.9 cm³/mol. The molecule has 0 unspecified atom stereocenters. The van der Waals surface area contributed by atoms with Gasteiger partial charge in [-0.15, -0.1) is 5.10 Å². The van der Waals surface area contributed by atoms with E-state index in [4.69, 9.17) is 0 Å². The summed E-state index contributed by atoms with van der Waals surface area (Å²) in [6.45, 7) is 2.19. The Kier molecular flexibility index (Phi) is 2.81. The van der Waals surface area contributed by atoms with Crippen LogP contribution in [0, 0.1) is 0 Å². The van der Waals surface area contributed by atoms with Crippen molar-refractivity contribution in [1.29, 1.82) is 0 Å². The molecule has 0 bridgehead atoms. The molecule has 0 radical (unpaired) electrons. The van der Waals surface area contributed by atoms with Crippen molar-refractivity contribution in [2.45, 2.75) is 19.8 Å². The first-order chi connectivity index (χ1) is 8.90. The number of para-hydroxylation sites is 2. The second kappa shape index (κ2) is 4.61. The fourth-order valence-corrected chi connectivity index (χ4v) is 2.25. The third kappa shape index (κ3) is 1.78. The van der Waals surface area contributed by atoms with Crippen LogP contribution in [0.15, 0.2) is 48.5 Å². The summed E-state index contributed by atoms with van der Waals surface area (Å²) in [4.78, 5) is 0. The molecule has 0 fully saturated rings. The van der Waals surface area contributed by atoms with E-state index in [2.05, 4.69) is 41.5 Å². The zero-order chi connectivity index (χ0) is 12.4. The van der Waals surface area contributed by atoms with Crippen molar-refractivity contribution in [3.05, 3.63) is 54.1 Å². The number of fused-ring (bicyclic) bond motifs is 1. The van der Waals surface area contributed by atoms with Crippen LogP contribution in [0.1, 0.15) is 18.9 Å². The number of hydrogen-bond donors (Lipinski definition) is 0. The molecule has 0 aliphatic rings. The Hall–Kier alpha value is -2.16. The fraction of sp³-hybridized carbons (Fsp3) is 0.200. The van der Waals surface area contributed by atoms with Crippen LogP contribution in [0.4, 0.5) is 0 Å². The van der Waals surface area contributed by atoms with E-state index in [1.807, 2.05) is 28.9 Å². The Balaban J connectivity index is 2.20. The first-order valence-corrected chi connectivity index (χ1v) is 6.29. The molecule has 3 nitrogen and oxygen atoms in total. The van der Waals surface area contributed by atoms with Gasteiger partial charge in [0.05, 0.1) is 11.2 Å². The van der Waals surface area contributed by atoms with Crippen LogP contribution < -0.4 is 0 Å². The quantitative estimate of drug-likeness (QED) is 0.699. The molecule has 3 rings (SSSR count). The molecule has 3 heteroatoms. The van der Waals surface area contributed by atoms with E-state index in [9.17, 15) is 0 Å². The highest BCUT2D eigenvalue weighted by Crippen LogP contribution is 2.20. The Bertz CT molecular complexity index is 670. The summed E-state index contributed by atoms with van der Waals surface area (Å²) >= 11 is 0. The van der Waals surface area contributed by atoms with Crippen molar-refractivity contribution in [2.24, 2.45) is 0 Å². The molecule has 0 aliphatic carbocycles. The van der Waals surface area contributed by atoms with Gasteiger partial charge in [-0.2, -0.15) is 0 Å². The van der Waals surface area contributed by atoms with Gasteiger partial charge in [0.1, 0.15) is 5.52 Å². The SMILES string of the molecule is CCCc1ccccc1-n1nnc2ccccc21. The predicted octanol–water partition coefficient (Wildman–Crippen LogP) is 3.37. The maximum atomic E-state index is 4.28. The second-order valence-corrected chi connectivity index (χ2v) is 4.37. The second-order valence-electron chi connectivity index (χ2n) is 4.37. The molecular weight excluding hydrogens is 222 g/mol. The van der Waals surface area contributed by atoms with Crippen molar-refractivity contribution in [3.63, 3.8) is 0 Å². The molecule has 0 spiro atoms. The number of nitrogens with zero attached hydrogens (tertiary/aromatic N) is 3. The summed E-state index contributed by atoms with van der Waals surface area (Å²) < 4.78 is 1.93. The number of aromatic nitrogens is 3. The first kappa shape index (κ1) is 11.0. The van der Waals surface area contributed by atoms with E-state index in [0.29, 0.717) is 0 Å². The Labute approximate surface area is 106 Å². The van der Waals surface area contributed by atoms with E-state index >= 15 is 0 Å². The van der Waals surface area contributed by atoms with Crippen LogP contribution in [0.5, 0.6) is 0 Å². The van der Waals surface area contributed by atoms with Crippen LogP contribution >= 0.6 is 0 Å². The summed E-state index contributed by atoms with van der Waals surface area (Å²) in [5.41, 5.74) is 4.44. The first-order valence-electron chi connectivity index (χ1n) is 6.29. The van der Waals surface area contributed by atoms with Gasteiger partial charge >= 0.3 is 0 Å². The van der Waals surface area contributed by atoms with Gasteiger partial charge in [-0.3, -0.25) is 0 Å². The number of aryl methyl sites for hydroxylation is 1. The van der Waals surface area contributed by atoms with E-state index in [1.165, 1.54) is 5.56 Å². The van der Waals surface area contributed by atoms with Gasteiger partial charge in [0, 0.05) is 0 Å². The zero-order valence-corrected chi connectivity index (χ0v) is 10.4. The Morgan fingerprint density at radius 2 is 1.78 bits per heavy atom. The smallest absolute Gasteiger partial charge is 0.113 e. The summed E-state index contributed by atoms with van der Waals surface area (Å²) in [6, 6.07) is 16.4. The number of hydrogen-bond acceptors (Lipinski definition) is 2. The number of rotatable bonds is 3. The van der Waals surface area contributed by atoms with Crippen LogP contribution in [-0.4, -0.2) is 15.0 Å². The lowest BCUT2D eigenvalue weighted by Gasteiger charge is -2.08. The molecule has 0 N–H and O–H groups in total. The molecule has 90 valence electrons. The summed E-state index contributed by atoms with van der Waals surface area (Å²) in [7, 11) is 0. The van der Waals surface area contributed by atoms with Crippen molar-refractivity contribution in [3.8, 4) is 5.69 Å². The normalized spacial score (nSPS) is 10.9. The van der Waals surface area contributed by atoms with Crippen LogP contribution in [0.3, 0.4) is 0 Å². The zero-order valence-electron chi connectivity index (χ0n) is 10.4. The molecular formula is C15H15N3. The summed E-state index contributed by atoms with van der Waals surface area (Å²) in [6.07, 6.45) is 2.19. The number of benzene rings is 2. The third-order valence-corrected chi connectivity index (χ3v) is 3.09. The van der Waals surface area contributed by atoms with Gasteiger partial charge in [-0.05, 0) is 30.2 Å². The lowest BCUT2D eigenvalue weighted by molar-refractivity contribution is 0.803. The molecule has 0 amide bonds. The minimum Gasteiger partial charge on any atom is -0.213 e. The van der Waals surface area contributed by atoms with Crippen LogP contribution in [-0.2, 0) is 6.42 Å². The Morgan fingerprint density at radius 3 is 2.67 bits per heavy atom. The van der Waals surface area contributed by atoms with E-state index in [-0.39, 0.29) is 0 Å². The maximum Gasteiger partial charge on any atom is 0.113 e. The highest BCUT2D eigenvalue weighted by atomic mass is 15.4. The molecule has 0 atom stereocenters. The summed E-state index contributed by atoms with van der Waals surface area (Å²) in [5.74, 6) is 0.